The van der Waals surface area contributed by atoms with E-state index < -0.39 is 5.41 Å². The Balaban J connectivity index is 1.59. The second kappa shape index (κ2) is 7.32. The molecule has 0 saturated heterocycles. The molecule has 0 radical (unpaired) electrons. The number of allylic oxidation sites excluding steroid dienone is 3. The Bertz CT molecular complexity index is 997. The van der Waals surface area contributed by atoms with E-state index in [1.807, 2.05) is 0 Å². The maximum Gasteiger partial charge on any atom is 0.178 e. The monoisotopic (exact) mass is 462 g/mol. The lowest BCUT2D eigenvalue weighted by molar-refractivity contribution is -0.170. The molecule has 3 heteroatoms. The number of nitrogens with two attached hydrogens (primary N) is 1. The molecular formula is C31H46N2O. The average molecular weight is 463 g/mol. The number of carbonyl (C=O) groups excluding carboxylic acids is 1. The summed E-state index contributed by atoms with van der Waals surface area (Å²) in [6.07, 6.45) is 11.7. The predicted octanol–water partition coefficient (Wildman–Crippen LogP) is 6.84. The Hall–Kier alpha value is -1.40. The number of rotatable bonds is 1. The fraction of sp³-hybridized carbons (Fsp3) is 0.806. The summed E-state index contributed by atoms with van der Waals surface area (Å²) in [5.41, 5.74) is 8.64. The van der Waals surface area contributed by atoms with E-state index in [2.05, 4.69) is 53.7 Å². The highest BCUT2D eigenvalue weighted by Gasteiger charge is 2.67. The van der Waals surface area contributed by atoms with E-state index in [-0.39, 0.29) is 27.9 Å². The minimum Gasteiger partial charge on any atom is -0.330 e. The fourth-order valence-electron chi connectivity index (χ4n) is 10.6. The summed E-state index contributed by atoms with van der Waals surface area (Å²) in [4.78, 5) is 13.2. The maximum absolute atomic E-state index is 13.2. The topological polar surface area (TPSA) is 66.9 Å². The van der Waals surface area contributed by atoms with Gasteiger partial charge in [-0.15, -0.1) is 0 Å². The minimum atomic E-state index is -0.483. The first-order chi connectivity index (χ1) is 15.8. The van der Waals surface area contributed by atoms with Crippen LogP contribution in [0.2, 0.25) is 0 Å². The molecule has 0 heterocycles. The zero-order chi connectivity index (χ0) is 24.9. The number of hydrogen-bond acceptors (Lipinski definition) is 3. The van der Waals surface area contributed by atoms with Crippen LogP contribution in [0.1, 0.15) is 92.9 Å². The molecule has 34 heavy (non-hydrogen) atoms. The molecule has 0 aromatic rings. The van der Waals surface area contributed by atoms with Gasteiger partial charge in [0.15, 0.2) is 5.78 Å². The van der Waals surface area contributed by atoms with Gasteiger partial charge in [0.25, 0.3) is 0 Å². The summed E-state index contributed by atoms with van der Waals surface area (Å²) < 4.78 is 0. The van der Waals surface area contributed by atoms with Crippen LogP contribution >= 0.6 is 0 Å². The zero-order valence-electron chi connectivity index (χ0n) is 22.5. The summed E-state index contributed by atoms with van der Waals surface area (Å²) in [5, 5.41) is 9.86. The Morgan fingerprint density at radius 1 is 1.03 bits per heavy atom. The van der Waals surface area contributed by atoms with E-state index in [0.717, 1.165) is 19.4 Å². The molecule has 2 N–H and O–H groups in total. The van der Waals surface area contributed by atoms with Crippen molar-refractivity contribution in [1.29, 1.82) is 5.26 Å². The molecule has 3 nitrogen and oxygen atoms in total. The van der Waals surface area contributed by atoms with Crippen molar-refractivity contribution in [2.75, 3.05) is 6.54 Å². The van der Waals surface area contributed by atoms with Crippen molar-refractivity contribution in [3.8, 4) is 6.07 Å². The van der Waals surface area contributed by atoms with Gasteiger partial charge in [0, 0.05) is 5.41 Å². The van der Waals surface area contributed by atoms with Gasteiger partial charge in [-0.05, 0) is 109 Å². The molecule has 0 amide bonds. The van der Waals surface area contributed by atoms with Crippen LogP contribution in [0.25, 0.3) is 0 Å². The zero-order valence-corrected chi connectivity index (χ0v) is 22.5. The van der Waals surface area contributed by atoms with Crippen LogP contribution in [0.4, 0.5) is 0 Å². The van der Waals surface area contributed by atoms with E-state index in [1.165, 1.54) is 44.1 Å². The van der Waals surface area contributed by atoms with Crippen LogP contribution < -0.4 is 5.73 Å². The highest BCUT2D eigenvalue weighted by Crippen LogP contribution is 2.73. The largest absolute Gasteiger partial charge is 0.330 e. The molecule has 5 aliphatic carbocycles. The molecular weight excluding hydrogens is 416 g/mol. The average Bonchev–Trinajstić information content (AvgIpc) is 2.77. The third-order valence-corrected chi connectivity index (χ3v) is 12.4. The van der Waals surface area contributed by atoms with Crippen LogP contribution in [0.15, 0.2) is 23.8 Å². The first-order valence-corrected chi connectivity index (χ1v) is 13.8. The lowest BCUT2D eigenvalue weighted by Gasteiger charge is -2.69. The van der Waals surface area contributed by atoms with Crippen molar-refractivity contribution >= 4 is 5.78 Å². The number of nitrogens with zero attached hydrogens (tertiary/aromatic N) is 1. The van der Waals surface area contributed by atoms with E-state index in [9.17, 15) is 10.1 Å². The van der Waals surface area contributed by atoms with Gasteiger partial charge in [0.2, 0.25) is 0 Å². The number of fused-ring (bicyclic) bond motifs is 7. The minimum absolute atomic E-state index is 0.0448. The van der Waals surface area contributed by atoms with Gasteiger partial charge >= 0.3 is 0 Å². The van der Waals surface area contributed by atoms with Crippen molar-refractivity contribution in [2.45, 2.75) is 92.9 Å². The molecule has 5 aliphatic rings. The number of carbonyl (C=O) groups is 1. The van der Waals surface area contributed by atoms with Crippen LogP contribution in [0.3, 0.4) is 0 Å². The van der Waals surface area contributed by atoms with Crippen molar-refractivity contribution < 1.29 is 4.79 Å². The summed E-state index contributed by atoms with van der Waals surface area (Å²) >= 11 is 0. The van der Waals surface area contributed by atoms with E-state index in [4.69, 9.17) is 12.3 Å². The van der Waals surface area contributed by atoms with Crippen molar-refractivity contribution in [3.63, 3.8) is 0 Å². The summed E-state index contributed by atoms with van der Waals surface area (Å²) in [7, 11) is 0. The van der Waals surface area contributed by atoms with E-state index in [0.29, 0.717) is 34.7 Å². The van der Waals surface area contributed by atoms with Gasteiger partial charge in [-0.25, -0.2) is 0 Å². The normalized spacial score (nSPS) is 49.0. The first kappa shape index (κ1) is 24.3. The molecule has 5 rings (SSSR count). The van der Waals surface area contributed by atoms with Crippen molar-refractivity contribution in [2.24, 2.45) is 62.4 Å². The van der Waals surface area contributed by atoms with E-state index >= 15 is 0 Å². The molecule has 0 bridgehead atoms. The summed E-state index contributed by atoms with van der Waals surface area (Å²) in [6.45, 7) is 19.6. The third-order valence-electron chi connectivity index (χ3n) is 12.4. The smallest absolute Gasteiger partial charge is 0.178 e. The lowest BCUT2D eigenvalue weighted by Crippen LogP contribution is -2.63. The molecule has 8 unspecified atom stereocenters. The maximum atomic E-state index is 13.2. The Labute approximate surface area is 207 Å². The van der Waals surface area contributed by atoms with Gasteiger partial charge in [-0.2, -0.15) is 5.26 Å². The quantitative estimate of drug-likeness (QED) is 0.434. The molecule has 186 valence electrons. The van der Waals surface area contributed by atoms with Crippen LogP contribution in [0.5, 0.6) is 0 Å². The SMILES string of the molecule is C=C1CC2C3(C)C=C(C#N)C(=O)C(C)(C)C3CCC2(C)C2CCC3(CN)CCC(C)(C)CC3C12. The first-order valence-electron chi connectivity index (χ1n) is 13.8. The Kier molecular flexibility index (Phi) is 5.23. The highest BCUT2D eigenvalue weighted by molar-refractivity contribution is 6.04. The van der Waals surface area contributed by atoms with Gasteiger partial charge in [-0.1, -0.05) is 59.8 Å². The van der Waals surface area contributed by atoms with Crippen LogP contribution in [0, 0.1) is 68.0 Å². The van der Waals surface area contributed by atoms with Crippen molar-refractivity contribution in [3.05, 3.63) is 23.8 Å². The molecule has 0 aromatic heterocycles. The molecule has 8 atom stereocenters. The Morgan fingerprint density at radius 2 is 1.74 bits per heavy atom. The van der Waals surface area contributed by atoms with Gasteiger partial charge in [0.1, 0.15) is 6.07 Å². The van der Waals surface area contributed by atoms with Gasteiger partial charge in [-0.3, -0.25) is 4.79 Å². The molecule has 0 spiro atoms. The summed E-state index contributed by atoms with van der Waals surface area (Å²) in [6, 6.07) is 2.28. The molecule has 4 saturated carbocycles. The van der Waals surface area contributed by atoms with E-state index in [1.54, 1.807) is 0 Å². The lowest BCUT2D eigenvalue weighted by atomic mass is 9.35. The summed E-state index contributed by atoms with van der Waals surface area (Å²) in [5.74, 6) is 2.61. The standard InChI is InChI=1S/C31H46N2O/c1-19-14-24-29(6,10-9-23-28(4,5)26(34)20(17-32)15-30(23,24)7)21-8-11-31(18-33)13-12-27(2,3)16-22(31)25(19)21/h15,21-25H,1,8-14,16,18,33H2,2-7H3. The molecule has 0 aliphatic heterocycles. The van der Waals surface area contributed by atoms with Gasteiger partial charge < -0.3 is 5.73 Å². The predicted molar refractivity (Wildman–Crippen MR) is 137 cm³/mol. The molecule has 4 fully saturated rings. The van der Waals surface area contributed by atoms with Gasteiger partial charge in [0.05, 0.1) is 5.57 Å². The highest BCUT2D eigenvalue weighted by atomic mass is 16.1. The van der Waals surface area contributed by atoms with Crippen LogP contribution in [-0.4, -0.2) is 12.3 Å². The number of nitriles is 1. The number of Topliss-reactive ketones (excluding diaryl/α,β-unsaturated/α-hetero) is 1. The number of ketones is 1. The second-order valence-corrected chi connectivity index (χ2v) is 14.8. The fourth-order valence-corrected chi connectivity index (χ4v) is 10.6. The molecule has 0 aromatic carbocycles. The second-order valence-electron chi connectivity index (χ2n) is 14.8. The van der Waals surface area contributed by atoms with Crippen molar-refractivity contribution in [1.82, 2.24) is 0 Å². The Morgan fingerprint density at radius 3 is 2.38 bits per heavy atom. The third kappa shape index (κ3) is 3.00. The number of hydrogen-bond donors (Lipinski definition) is 1. The van der Waals surface area contributed by atoms with Crippen LogP contribution in [-0.2, 0) is 4.79 Å².